The number of anilines is 1. The Labute approximate surface area is 68.4 Å². The first-order valence-electron chi connectivity index (χ1n) is 3.29. The molecule has 0 bridgehead atoms. The Bertz CT molecular complexity index is 316. The molecule has 3 N–H and O–H groups in total. The van der Waals surface area contributed by atoms with Crippen molar-refractivity contribution in [1.29, 1.82) is 0 Å². The van der Waals surface area contributed by atoms with Crippen LogP contribution in [0, 0.1) is 0 Å². The third kappa shape index (κ3) is 1.85. The van der Waals surface area contributed by atoms with Gasteiger partial charge in [0.1, 0.15) is 5.69 Å². The smallest absolute Gasteiger partial charge is 0.352 e. The lowest BCUT2D eigenvalue weighted by Crippen LogP contribution is -2.04. The number of aromatic nitrogens is 1. The molecule has 5 nitrogen and oxygen atoms in total. The Balaban J connectivity index is 2.77. The van der Waals surface area contributed by atoms with Crippen molar-refractivity contribution < 1.29 is 14.7 Å². The molecule has 0 fully saturated rings. The van der Waals surface area contributed by atoms with Gasteiger partial charge >= 0.3 is 5.97 Å². The van der Waals surface area contributed by atoms with E-state index in [0.717, 1.165) is 0 Å². The molecule has 0 spiro atoms. The Morgan fingerprint density at radius 3 is 2.67 bits per heavy atom. The molecule has 0 saturated carbocycles. The number of aromatic carboxylic acids is 1. The number of hydrogen-bond acceptors (Lipinski definition) is 2. The van der Waals surface area contributed by atoms with Gasteiger partial charge in [0, 0.05) is 13.1 Å². The molecule has 0 aliphatic rings. The standard InChI is InChI=1S/C7H8N2O3/c1-4(10)9-5-2-6(7(11)12)8-3-5/h2-3,8H,1H3,(H,9,10)(H,11,12). The Morgan fingerprint density at radius 2 is 2.25 bits per heavy atom. The van der Waals surface area contributed by atoms with Crippen LogP contribution in [0.3, 0.4) is 0 Å². The predicted octanol–water partition coefficient (Wildman–Crippen LogP) is 0.671. The Kier molecular flexibility index (Phi) is 2.14. The number of aromatic amines is 1. The highest BCUT2D eigenvalue weighted by atomic mass is 16.4. The molecule has 1 rings (SSSR count). The van der Waals surface area contributed by atoms with Gasteiger partial charge in [-0.3, -0.25) is 4.79 Å². The van der Waals surface area contributed by atoms with Gasteiger partial charge < -0.3 is 15.4 Å². The van der Waals surface area contributed by atoms with E-state index in [9.17, 15) is 9.59 Å². The van der Waals surface area contributed by atoms with Gasteiger partial charge in [0.25, 0.3) is 0 Å². The summed E-state index contributed by atoms with van der Waals surface area (Å²) < 4.78 is 0. The molecule has 12 heavy (non-hydrogen) atoms. The van der Waals surface area contributed by atoms with Gasteiger partial charge in [0.15, 0.2) is 0 Å². The molecule has 0 atom stereocenters. The second-order valence-corrected chi connectivity index (χ2v) is 2.29. The highest BCUT2D eigenvalue weighted by molar-refractivity contribution is 5.92. The number of carbonyl (C=O) groups is 2. The lowest BCUT2D eigenvalue weighted by molar-refractivity contribution is -0.114. The fourth-order valence-electron chi connectivity index (χ4n) is 0.793. The van der Waals surface area contributed by atoms with Crippen LogP contribution in [0.4, 0.5) is 5.69 Å². The van der Waals surface area contributed by atoms with Gasteiger partial charge in [0.2, 0.25) is 5.91 Å². The minimum atomic E-state index is -1.05. The topological polar surface area (TPSA) is 82.2 Å². The summed E-state index contributed by atoms with van der Waals surface area (Å²) in [7, 11) is 0. The van der Waals surface area contributed by atoms with E-state index in [1.54, 1.807) is 0 Å². The van der Waals surface area contributed by atoms with Crippen LogP contribution < -0.4 is 5.32 Å². The molecular weight excluding hydrogens is 160 g/mol. The van der Waals surface area contributed by atoms with E-state index in [2.05, 4.69) is 10.3 Å². The molecule has 5 heteroatoms. The number of nitrogens with one attached hydrogen (secondary N) is 2. The number of rotatable bonds is 2. The van der Waals surface area contributed by atoms with Gasteiger partial charge in [-0.15, -0.1) is 0 Å². The first-order chi connectivity index (χ1) is 5.59. The van der Waals surface area contributed by atoms with Crippen molar-refractivity contribution in [3.8, 4) is 0 Å². The molecule has 0 radical (unpaired) electrons. The maximum atomic E-state index is 10.5. The number of carboxylic acids is 1. The zero-order valence-corrected chi connectivity index (χ0v) is 6.42. The first kappa shape index (κ1) is 8.32. The molecule has 0 saturated heterocycles. The first-order valence-corrected chi connectivity index (χ1v) is 3.29. The van der Waals surface area contributed by atoms with Crippen LogP contribution in [-0.2, 0) is 4.79 Å². The average Bonchev–Trinajstić information content (AvgIpc) is 2.34. The van der Waals surface area contributed by atoms with Gasteiger partial charge in [-0.25, -0.2) is 4.79 Å². The summed E-state index contributed by atoms with van der Waals surface area (Å²) in [5, 5.41) is 10.9. The summed E-state index contributed by atoms with van der Waals surface area (Å²) in [5.74, 6) is -1.28. The van der Waals surface area contributed by atoms with E-state index in [0.29, 0.717) is 5.69 Å². The fourth-order valence-corrected chi connectivity index (χ4v) is 0.793. The summed E-state index contributed by atoms with van der Waals surface area (Å²) in [5.41, 5.74) is 0.513. The van der Waals surface area contributed by atoms with Gasteiger partial charge in [-0.05, 0) is 6.07 Å². The predicted molar refractivity (Wildman–Crippen MR) is 42.1 cm³/mol. The van der Waals surface area contributed by atoms with Crippen molar-refractivity contribution in [2.45, 2.75) is 6.92 Å². The molecule has 1 heterocycles. The summed E-state index contributed by atoms with van der Waals surface area (Å²) in [4.78, 5) is 23.4. The number of carbonyl (C=O) groups excluding carboxylic acids is 1. The fraction of sp³-hybridized carbons (Fsp3) is 0.143. The van der Waals surface area contributed by atoms with Crippen LogP contribution in [-0.4, -0.2) is 22.0 Å². The Hall–Kier alpha value is -1.78. The number of carboxylic acid groups (broad SMARTS) is 1. The number of hydrogen-bond donors (Lipinski definition) is 3. The van der Waals surface area contributed by atoms with E-state index in [4.69, 9.17) is 5.11 Å². The normalized spacial score (nSPS) is 9.42. The minimum Gasteiger partial charge on any atom is -0.477 e. The zero-order valence-electron chi connectivity index (χ0n) is 6.42. The lowest BCUT2D eigenvalue weighted by Gasteiger charge is -1.93. The third-order valence-corrected chi connectivity index (χ3v) is 1.23. The van der Waals surface area contributed by atoms with E-state index in [1.165, 1.54) is 19.2 Å². The molecule has 1 aromatic heterocycles. The molecular formula is C7H8N2O3. The van der Waals surface area contributed by atoms with Crippen molar-refractivity contribution in [1.82, 2.24) is 4.98 Å². The largest absolute Gasteiger partial charge is 0.477 e. The van der Waals surface area contributed by atoms with Crippen LogP contribution in [0.5, 0.6) is 0 Å². The summed E-state index contributed by atoms with van der Waals surface area (Å²) in [6.45, 7) is 1.35. The molecule has 0 aliphatic carbocycles. The van der Waals surface area contributed by atoms with Gasteiger partial charge in [0.05, 0.1) is 5.69 Å². The molecule has 1 aromatic rings. The van der Waals surface area contributed by atoms with Crippen molar-refractivity contribution >= 4 is 17.6 Å². The second-order valence-electron chi connectivity index (χ2n) is 2.29. The molecule has 0 aromatic carbocycles. The highest BCUT2D eigenvalue weighted by Gasteiger charge is 2.05. The number of H-pyrrole nitrogens is 1. The molecule has 0 unspecified atom stereocenters. The highest BCUT2D eigenvalue weighted by Crippen LogP contribution is 2.08. The van der Waals surface area contributed by atoms with Crippen LogP contribution in [0.25, 0.3) is 0 Å². The van der Waals surface area contributed by atoms with E-state index in [-0.39, 0.29) is 11.6 Å². The van der Waals surface area contributed by atoms with E-state index >= 15 is 0 Å². The van der Waals surface area contributed by atoms with Crippen LogP contribution >= 0.6 is 0 Å². The van der Waals surface area contributed by atoms with Crippen LogP contribution in [0.2, 0.25) is 0 Å². The Morgan fingerprint density at radius 1 is 1.58 bits per heavy atom. The number of amides is 1. The zero-order chi connectivity index (χ0) is 9.14. The average molecular weight is 168 g/mol. The minimum absolute atomic E-state index is 0.0544. The summed E-state index contributed by atoms with van der Waals surface area (Å²) in [6.07, 6.45) is 1.42. The quantitative estimate of drug-likeness (QED) is 0.607. The van der Waals surface area contributed by atoms with Gasteiger partial charge in [-0.2, -0.15) is 0 Å². The maximum Gasteiger partial charge on any atom is 0.352 e. The maximum absolute atomic E-state index is 10.5. The summed E-state index contributed by atoms with van der Waals surface area (Å²) >= 11 is 0. The van der Waals surface area contributed by atoms with Crippen molar-refractivity contribution in [2.75, 3.05) is 5.32 Å². The molecule has 0 aliphatic heterocycles. The van der Waals surface area contributed by atoms with E-state index in [1.807, 2.05) is 0 Å². The third-order valence-electron chi connectivity index (χ3n) is 1.23. The SMILES string of the molecule is CC(=O)Nc1c[nH]c(C(=O)O)c1. The van der Waals surface area contributed by atoms with Crippen molar-refractivity contribution in [3.05, 3.63) is 18.0 Å². The van der Waals surface area contributed by atoms with Crippen molar-refractivity contribution in [2.24, 2.45) is 0 Å². The monoisotopic (exact) mass is 168 g/mol. The van der Waals surface area contributed by atoms with E-state index < -0.39 is 5.97 Å². The molecule has 1 amide bonds. The van der Waals surface area contributed by atoms with Crippen LogP contribution in [0.1, 0.15) is 17.4 Å². The summed E-state index contributed by atoms with van der Waals surface area (Å²) in [6, 6.07) is 1.35. The van der Waals surface area contributed by atoms with Gasteiger partial charge in [-0.1, -0.05) is 0 Å². The lowest BCUT2D eigenvalue weighted by atomic mass is 10.4. The second kappa shape index (κ2) is 3.08. The molecule has 64 valence electrons. The van der Waals surface area contributed by atoms with Crippen LogP contribution in [0.15, 0.2) is 12.3 Å². The van der Waals surface area contributed by atoms with Crippen molar-refractivity contribution in [3.63, 3.8) is 0 Å².